The molecule has 0 saturated carbocycles. The van der Waals surface area contributed by atoms with Gasteiger partial charge in [0.2, 0.25) is 5.69 Å². The molecule has 254 valence electrons. The van der Waals surface area contributed by atoms with Gasteiger partial charge in [-0.3, -0.25) is 4.55 Å². The van der Waals surface area contributed by atoms with Crippen molar-refractivity contribution >= 4 is 82.5 Å². The van der Waals surface area contributed by atoms with E-state index in [4.69, 9.17) is 4.55 Å². The smallest absolute Gasteiger partial charge is 0.264 e. The number of rotatable bonds is 14. The standard InChI is InChI=1S/C35H42I2N2O6S2/c1-34(2)28-18-16-26(36)24-30(28)38(20-10-12-22-46(40,41)42)32(34)14-8-6-5-7-9-15-33-35(3,4)29-19-17-27(37)25-31(29)39(33)21-11-13-23-47(43,44)45/h5-9,14-19,24-25H,10-13,20-23H2,1-4H3,(H-,40,41,42,43,44,45). The van der Waals surface area contributed by atoms with Crippen LogP contribution in [0.3, 0.4) is 0 Å². The summed E-state index contributed by atoms with van der Waals surface area (Å²) in [5.41, 5.74) is 6.41. The van der Waals surface area contributed by atoms with E-state index in [0.29, 0.717) is 38.8 Å². The average molecular weight is 905 g/mol. The van der Waals surface area contributed by atoms with Crippen molar-refractivity contribution in [1.29, 1.82) is 0 Å². The van der Waals surface area contributed by atoms with Crippen LogP contribution in [0, 0.1) is 7.14 Å². The van der Waals surface area contributed by atoms with E-state index in [0.717, 1.165) is 29.9 Å². The van der Waals surface area contributed by atoms with Crippen LogP contribution in [0.5, 0.6) is 0 Å². The van der Waals surface area contributed by atoms with Crippen molar-refractivity contribution in [3.8, 4) is 0 Å². The predicted octanol–water partition coefficient (Wildman–Crippen LogP) is 7.62. The highest BCUT2D eigenvalue weighted by atomic mass is 127. The summed E-state index contributed by atoms with van der Waals surface area (Å²) in [6.07, 6.45) is 16.1. The van der Waals surface area contributed by atoms with Crippen LogP contribution in [-0.2, 0) is 31.1 Å². The monoisotopic (exact) mass is 904 g/mol. The summed E-state index contributed by atoms with van der Waals surface area (Å²) >= 11 is 4.61. The Hall–Kier alpha value is -1.85. The fourth-order valence-electron chi connectivity index (χ4n) is 6.39. The van der Waals surface area contributed by atoms with Crippen molar-refractivity contribution in [2.75, 3.05) is 29.5 Å². The van der Waals surface area contributed by atoms with Gasteiger partial charge in [0, 0.05) is 60.4 Å². The first-order valence-electron chi connectivity index (χ1n) is 15.6. The van der Waals surface area contributed by atoms with Crippen molar-refractivity contribution in [2.24, 2.45) is 0 Å². The van der Waals surface area contributed by atoms with E-state index in [1.54, 1.807) is 0 Å². The van der Waals surface area contributed by atoms with Crippen LogP contribution < -0.4 is 4.90 Å². The van der Waals surface area contributed by atoms with Gasteiger partial charge >= 0.3 is 0 Å². The van der Waals surface area contributed by atoms with E-state index in [2.05, 4.69) is 131 Å². The number of nitrogens with zero attached hydrogens (tertiary/aromatic N) is 2. The topological polar surface area (TPSA) is 118 Å². The molecule has 2 heterocycles. The molecule has 0 bridgehead atoms. The molecule has 4 rings (SSSR count). The quantitative estimate of drug-likeness (QED) is 0.0682. The molecular weight excluding hydrogens is 862 g/mol. The molecule has 0 unspecified atom stereocenters. The van der Waals surface area contributed by atoms with Crippen molar-refractivity contribution < 1.29 is 30.5 Å². The molecule has 2 aliphatic heterocycles. The fraction of sp³-hybridized carbons (Fsp3) is 0.400. The maximum absolute atomic E-state index is 11.2. The number of benzene rings is 2. The van der Waals surface area contributed by atoms with E-state index in [9.17, 15) is 21.4 Å². The molecule has 0 fully saturated rings. The Morgan fingerprint density at radius 2 is 1.43 bits per heavy atom. The highest BCUT2D eigenvalue weighted by Crippen LogP contribution is 2.48. The van der Waals surface area contributed by atoms with E-state index < -0.39 is 20.2 Å². The van der Waals surface area contributed by atoms with E-state index in [1.807, 2.05) is 30.4 Å². The number of anilines is 1. The van der Waals surface area contributed by atoms with E-state index in [-0.39, 0.29) is 22.3 Å². The van der Waals surface area contributed by atoms with Crippen molar-refractivity contribution in [3.05, 3.63) is 103 Å². The van der Waals surface area contributed by atoms with Gasteiger partial charge in [0.1, 0.15) is 6.54 Å². The van der Waals surface area contributed by atoms with Crippen LogP contribution in [-0.4, -0.2) is 60.8 Å². The Bertz CT molecular complexity index is 1870. The van der Waals surface area contributed by atoms with Crippen LogP contribution in [0.4, 0.5) is 11.4 Å². The number of hydrogen-bond donors (Lipinski definition) is 1. The largest absolute Gasteiger partial charge is 0.748 e. The molecule has 2 aliphatic rings. The second-order valence-electron chi connectivity index (χ2n) is 12.9. The Morgan fingerprint density at radius 1 is 0.809 bits per heavy atom. The Labute approximate surface area is 307 Å². The van der Waals surface area contributed by atoms with Crippen LogP contribution >= 0.6 is 45.2 Å². The maximum Gasteiger partial charge on any atom is 0.264 e. The fourth-order valence-corrected chi connectivity index (χ4v) is 8.47. The summed E-state index contributed by atoms with van der Waals surface area (Å²) in [5.74, 6) is -0.597. The predicted molar refractivity (Wildman–Crippen MR) is 206 cm³/mol. The zero-order chi connectivity index (χ0) is 34.6. The number of hydrogen-bond acceptors (Lipinski definition) is 6. The van der Waals surface area contributed by atoms with Gasteiger partial charge in [0.25, 0.3) is 10.1 Å². The third-order valence-corrected chi connectivity index (χ3v) is 11.7. The summed E-state index contributed by atoms with van der Waals surface area (Å²) in [7, 11) is -8.22. The van der Waals surface area contributed by atoms with Crippen LogP contribution in [0.25, 0.3) is 0 Å². The molecule has 1 N–H and O–H groups in total. The highest BCUT2D eigenvalue weighted by molar-refractivity contribution is 14.1. The molecule has 8 nitrogen and oxygen atoms in total. The maximum atomic E-state index is 11.2. The second-order valence-corrected chi connectivity index (χ2v) is 18.5. The highest BCUT2D eigenvalue weighted by Gasteiger charge is 2.44. The number of halogens is 2. The van der Waals surface area contributed by atoms with Crippen molar-refractivity contribution in [2.45, 2.75) is 64.2 Å². The summed E-state index contributed by atoms with van der Waals surface area (Å²) in [4.78, 5) is 2.24. The Morgan fingerprint density at radius 3 is 2.11 bits per heavy atom. The molecule has 0 aliphatic carbocycles. The van der Waals surface area contributed by atoms with Gasteiger partial charge < -0.3 is 9.45 Å². The summed E-state index contributed by atoms with van der Waals surface area (Å²) in [6, 6.07) is 12.8. The first kappa shape index (κ1) is 38.0. The van der Waals surface area contributed by atoms with E-state index in [1.165, 1.54) is 11.1 Å². The van der Waals surface area contributed by atoms with Crippen LogP contribution in [0.2, 0.25) is 0 Å². The number of allylic oxidation sites excluding steroid dienone is 8. The lowest BCUT2D eigenvalue weighted by Gasteiger charge is -2.27. The normalized spacial score (nSPS) is 18.4. The SMILES string of the molecule is CC1(C)C(/C=C/C=C/C=C/C=C2/N(CCCCS(=O)(=O)[O-])c3cc(I)ccc3C2(C)C)=[N+](CCCCS(=O)(=O)O)c2cc(I)ccc21. The molecule has 2 aromatic carbocycles. The van der Waals surface area contributed by atoms with Gasteiger partial charge in [0.05, 0.1) is 21.3 Å². The molecule has 0 amide bonds. The second kappa shape index (κ2) is 15.4. The molecule has 47 heavy (non-hydrogen) atoms. The Kier molecular flexibility index (Phi) is 12.4. The molecule has 0 spiro atoms. The van der Waals surface area contributed by atoms with Gasteiger partial charge in [-0.2, -0.15) is 13.0 Å². The minimum Gasteiger partial charge on any atom is -0.748 e. The minimum atomic E-state index is -4.23. The third-order valence-electron chi connectivity index (χ3n) is 8.72. The molecular formula is C35H42I2N2O6S2. The lowest BCUT2D eigenvalue weighted by molar-refractivity contribution is -0.438. The van der Waals surface area contributed by atoms with Gasteiger partial charge in [0.15, 0.2) is 5.71 Å². The summed E-state index contributed by atoms with van der Waals surface area (Å²) in [6.45, 7) is 10.0. The first-order valence-corrected chi connectivity index (χ1v) is 20.9. The van der Waals surface area contributed by atoms with Crippen molar-refractivity contribution in [1.82, 2.24) is 0 Å². The van der Waals surface area contributed by atoms with Gasteiger partial charge in [-0.1, -0.05) is 56.4 Å². The molecule has 0 radical (unpaired) electrons. The number of unbranched alkanes of at least 4 members (excludes halogenated alkanes) is 2. The van der Waals surface area contributed by atoms with Gasteiger partial charge in [-0.25, -0.2) is 8.42 Å². The summed E-state index contributed by atoms with van der Waals surface area (Å²) < 4.78 is 69.5. The van der Waals surface area contributed by atoms with Gasteiger partial charge in [-0.15, -0.1) is 0 Å². The zero-order valence-electron chi connectivity index (χ0n) is 27.1. The minimum absolute atomic E-state index is 0.241. The molecule has 0 aromatic heterocycles. The first-order chi connectivity index (χ1) is 21.9. The third kappa shape index (κ3) is 9.65. The molecule has 12 heteroatoms. The molecule has 2 aromatic rings. The van der Waals surface area contributed by atoms with Crippen molar-refractivity contribution in [3.63, 3.8) is 0 Å². The lowest BCUT2D eigenvalue weighted by atomic mass is 9.81. The zero-order valence-corrected chi connectivity index (χ0v) is 33.1. The molecule has 0 saturated heterocycles. The van der Waals surface area contributed by atoms with Crippen LogP contribution in [0.15, 0.2) is 84.6 Å². The average Bonchev–Trinajstić information content (AvgIpc) is 3.29. The Balaban J connectivity index is 1.52. The van der Waals surface area contributed by atoms with E-state index >= 15 is 0 Å². The number of fused-ring (bicyclic) bond motifs is 2. The van der Waals surface area contributed by atoms with Crippen LogP contribution in [0.1, 0.15) is 64.5 Å². The lowest BCUT2D eigenvalue weighted by Crippen LogP contribution is -2.28. The van der Waals surface area contributed by atoms with Gasteiger partial charge in [-0.05, 0) is 108 Å². The summed E-state index contributed by atoms with van der Waals surface area (Å²) in [5, 5.41) is 0. The molecule has 0 atom stereocenters.